The Hall–Kier alpha value is -6.84. The van der Waals surface area contributed by atoms with Crippen LogP contribution < -0.4 is 4.90 Å². The summed E-state index contributed by atoms with van der Waals surface area (Å²) in [6.45, 7) is 0. The van der Waals surface area contributed by atoms with E-state index in [2.05, 4.69) is 191 Å². The van der Waals surface area contributed by atoms with Gasteiger partial charge in [0, 0.05) is 38.6 Å². The van der Waals surface area contributed by atoms with Crippen molar-refractivity contribution in [2.75, 3.05) is 4.90 Å². The van der Waals surface area contributed by atoms with Gasteiger partial charge in [0.05, 0.1) is 22.1 Å². The summed E-state index contributed by atoms with van der Waals surface area (Å²) >= 11 is 0. The van der Waals surface area contributed by atoms with Crippen LogP contribution in [0.4, 0.5) is 17.1 Å². The standard InChI is InChI=1S/C51H34N2O/c1-2-15-35(16-3-1)53-45-21-10-7-18-40(45)41-28-26-37(30-47(41)53)52(46-22-12-24-49-50(46)42-19-8-11-23-48(42)54-49)36-25-27-39-38-17-6-9-20-43(38)51(44(39)29-36)31-33-13-4-5-14-34(33)32-51/h1-30H,31-32H2. The molecule has 0 unspecified atom stereocenters. The molecular weight excluding hydrogens is 657 g/mol. The first-order valence-electron chi connectivity index (χ1n) is 18.9. The molecule has 0 amide bonds. The minimum atomic E-state index is -0.116. The average molecular weight is 691 g/mol. The molecule has 3 heteroatoms. The van der Waals surface area contributed by atoms with Crippen LogP contribution in [0.2, 0.25) is 0 Å². The third-order valence-corrected chi connectivity index (χ3v) is 12.2. The number of nitrogens with zero attached hydrogens (tertiary/aromatic N) is 2. The first-order chi connectivity index (χ1) is 26.7. The Labute approximate surface area is 312 Å². The molecule has 8 aromatic carbocycles. The summed E-state index contributed by atoms with van der Waals surface area (Å²) in [6, 6.07) is 66.7. The number of rotatable bonds is 4. The van der Waals surface area contributed by atoms with Crippen molar-refractivity contribution in [1.82, 2.24) is 4.57 Å². The van der Waals surface area contributed by atoms with Crippen molar-refractivity contribution in [3.8, 4) is 16.8 Å². The molecular formula is C51H34N2O. The zero-order chi connectivity index (χ0) is 35.4. The molecule has 2 aromatic heterocycles. The van der Waals surface area contributed by atoms with E-state index in [4.69, 9.17) is 4.42 Å². The van der Waals surface area contributed by atoms with Gasteiger partial charge in [0.2, 0.25) is 0 Å². The number of benzene rings is 8. The van der Waals surface area contributed by atoms with Crippen LogP contribution in [-0.2, 0) is 18.3 Å². The highest BCUT2D eigenvalue weighted by Gasteiger charge is 2.47. The van der Waals surface area contributed by atoms with Crippen LogP contribution in [0.25, 0.3) is 60.6 Å². The van der Waals surface area contributed by atoms with Crippen molar-refractivity contribution in [2.24, 2.45) is 0 Å². The van der Waals surface area contributed by atoms with Gasteiger partial charge in [-0.25, -0.2) is 0 Å². The maximum Gasteiger partial charge on any atom is 0.137 e. The van der Waals surface area contributed by atoms with Crippen LogP contribution in [0.3, 0.4) is 0 Å². The number of hydrogen-bond donors (Lipinski definition) is 0. The van der Waals surface area contributed by atoms with Crippen LogP contribution in [-0.4, -0.2) is 4.57 Å². The molecule has 254 valence electrons. The monoisotopic (exact) mass is 690 g/mol. The minimum absolute atomic E-state index is 0.116. The Bertz CT molecular complexity index is 3100. The van der Waals surface area contributed by atoms with Crippen molar-refractivity contribution < 1.29 is 4.42 Å². The lowest BCUT2D eigenvalue weighted by molar-refractivity contribution is 0.563. The van der Waals surface area contributed by atoms with Gasteiger partial charge in [-0.05, 0) is 107 Å². The molecule has 10 aromatic rings. The van der Waals surface area contributed by atoms with E-state index in [1.807, 2.05) is 0 Å². The molecule has 2 heterocycles. The topological polar surface area (TPSA) is 21.3 Å². The first kappa shape index (κ1) is 29.7. The summed E-state index contributed by atoms with van der Waals surface area (Å²) in [6.07, 6.45) is 2.00. The van der Waals surface area contributed by atoms with E-state index in [0.29, 0.717) is 0 Å². The second kappa shape index (κ2) is 11.1. The molecule has 3 nitrogen and oxygen atoms in total. The molecule has 2 aliphatic carbocycles. The summed E-state index contributed by atoms with van der Waals surface area (Å²) in [7, 11) is 0. The highest BCUT2D eigenvalue weighted by molar-refractivity contribution is 6.14. The van der Waals surface area contributed by atoms with E-state index in [-0.39, 0.29) is 5.41 Å². The molecule has 0 saturated carbocycles. The molecule has 2 aliphatic rings. The van der Waals surface area contributed by atoms with Gasteiger partial charge in [-0.1, -0.05) is 121 Å². The maximum atomic E-state index is 6.50. The summed E-state index contributed by atoms with van der Waals surface area (Å²) in [5, 5.41) is 4.71. The van der Waals surface area contributed by atoms with Crippen LogP contribution in [0.5, 0.6) is 0 Å². The molecule has 0 bridgehead atoms. The smallest absolute Gasteiger partial charge is 0.137 e. The van der Waals surface area contributed by atoms with Crippen molar-refractivity contribution in [2.45, 2.75) is 18.3 Å². The number of aromatic nitrogens is 1. The highest BCUT2D eigenvalue weighted by Crippen LogP contribution is 2.57. The number of fused-ring (bicyclic) bond motifs is 12. The SMILES string of the molecule is c1ccc(-n2c3ccccc3c3ccc(N(c4ccc5c(c4)C4(Cc6ccccc6C4)c4ccccc4-5)c4cccc5oc6ccccc6c45)cc32)cc1. The Balaban J connectivity index is 1.14. The van der Waals surface area contributed by atoms with E-state index in [1.165, 1.54) is 55.2 Å². The van der Waals surface area contributed by atoms with E-state index < -0.39 is 0 Å². The quantitative estimate of drug-likeness (QED) is 0.183. The molecule has 0 saturated heterocycles. The van der Waals surface area contributed by atoms with Crippen molar-refractivity contribution in [3.05, 3.63) is 204 Å². The van der Waals surface area contributed by atoms with Gasteiger partial charge in [0.25, 0.3) is 0 Å². The summed E-state index contributed by atoms with van der Waals surface area (Å²) in [4.78, 5) is 2.47. The average Bonchev–Trinajstić information content (AvgIpc) is 3.97. The lowest BCUT2D eigenvalue weighted by atomic mass is 9.75. The predicted molar refractivity (Wildman–Crippen MR) is 223 cm³/mol. The van der Waals surface area contributed by atoms with Gasteiger partial charge in [0.1, 0.15) is 11.2 Å². The number of furan rings is 1. The fourth-order valence-electron chi connectivity index (χ4n) is 9.90. The summed E-state index contributed by atoms with van der Waals surface area (Å²) in [5.74, 6) is 0. The van der Waals surface area contributed by atoms with Gasteiger partial charge in [-0.15, -0.1) is 0 Å². The lowest BCUT2D eigenvalue weighted by Gasteiger charge is -2.30. The Kier molecular flexibility index (Phi) is 6.10. The fraction of sp³-hybridized carbons (Fsp3) is 0.0588. The third kappa shape index (κ3) is 4.07. The molecule has 12 rings (SSSR count). The fourth-order valence-corrected chi connectivity index (χ4v) is 9.90. The van der Waals surface area contributed by atoms with Gasteiger partial charge >= 0.3 is 0 Å². The van der Waals surface area contributed by atoms with Crippen LogP contribution in [0, 0.1) is 0 Å². The molecule has 0 atom stereocenters. The van der Waals surface area contributed by atoms with Crippen molar-refractivity contribution >= 4 is 60.8 Å². The van der Waals surface area contributed by atoms with Gasteiger partial charge in [0.15, 0.2) is 0 Å². The molecule has 0 N–H and O–H groups in total. The van der Waals surface area contributed by atoms with Gasteiger partial charge in [-0.3, -0.25) is 0 Å². The Morgan fingerprint density at radius 1 is 0.463 bits per heavy atom. The number of hydrogen-bond acceptors (Lipinski definition) is 2. The third-order valence-electron chi connectivity index (χ3n) is 12.2. The summed E-state index contributed by atoms with van der Waals surface area (Å²) < 4.78 is 8.91. The van der Waals surface area contributed by atoms with Crippen molar-refractivity contribution in [1.29, 1.82) is 0 Å². The maximum absolute atomic E-state index is 6.50. The minimum Gasteiger partial charge on any atom is -0.456 e. The lowest BCUT2D eigenvalue weighted by Crippen LogP contribution is -2.26. The first-order valence-corrected chi connectivity index (χ1v) is 18.9. The second-order valence-electron chi connectivity index (χ2n) is 15.0. The van der Waals surface area contributed by atoms with Crippen LogP contribution >= 0.6 is 0 Å². The van der Waals surface area contributed by atoms with Crippen LogP contribution in [0.15, 0.2) is 186 Å². The normalized spacial score (nSPS) is 13.9. The predicted octanol–water partition coefficient (Wildman–Crippen LogP) is 13.2. The molecule has 1 spiro atoms. The largest absolute Gasteiger partial charge is 0.456 e. The zero-order valence-electron chi connectivity index (χ0n) is 29.5. The van der Waals surface area contributed by atoms with E-state index in [9.17, 15) is 0 Å². The number of anilines is 3. The highest BCUT2D eigenvalue weighted by atomic mass is 16.3. The zero-order valence-corrected chi connectivity index (χ0v) is 29.5. The van der Waals surface area contributed by atoms with Crippen LogP contribution in [0.1, 0.15) is 22.3 Å². The van der Waals surface area contributed by atoms with Gasteiger partial charge < -0.3 is 13.9 Å². The van der Waals surface area contributed by atoms with E-state index >= 15 is 0 Å². The second-order valence-corrected chi connectivity index (χ2v) is 15.0. The Morgan fingerprint density at radius 2 is 1.11 bits per heavy atom. The van der Waals surface area contributed by atoms with Gasteiger partial charge in [-0.2, -0.15) is 0 Å². The molecule has 54 heavy (non-hydrogen) atoms. The number of para-hydroxylation sites is 3. The molecule has 0 fully saturated rings. The van der Waals surface area contributed by atoms with E-state index in [1.54, 1.807) is 0 Å². The summed E-state index contributed by atoms with van der Waals surface area (Å²) in [5.41, 5.74) is 17.0. The molecule has 0 aliphatic heterocycles. The van der Waals surface area contributed by atoms with Crippen molar-refractivity contribution in [3.63, 3.8) is 0 Å². The van der Waals surface area contributed by atoms with E-state index in [0.717, 1.165) is 57.5 Å². The molecule has 0 radical (unpaired) electrons. The Morgan fingerprint density at radius 3 is 1.98 bits per heavy atom.